The van der Waals surface area contributed by atoms with E-state index in [1.54, 1.807) is 0 Å². The molecule has 0 atom stereocenters. The zero-order chi connectivity index (χ0) is 14.3. The van der Waals surface area contributed by atoms with Crippen LogP contribution in [0.15, 0.2) is 45.7 Å². The average Bonchev–Trinajstić information content (AvgIpc) is 2.43. The Morgan fingerprint density at radius 3 is 2.60 bits per heavy atom. The third-order valence-electron chi connectivity index (χ3n) is 3.53. The second-order valence-electron chi connectivity index (χ2n) is 4.80. The zero-order valence-electron chi connectivity index (χ0n) is 11.2. The van der Waals surface area contributed by atoms with E-state index in [0.717, 1.165) is 26.7 Å². The van der Waals surface area contributed by atoms with Gasteiger partial charge in [-0.3, -0.25) is 4.79 Å². The van der Waals surface area contributed by atoms with Gasteiger partial charge >= 0.3 is 0 Å². The normalized spacial score (nSPS) is 10.9. The van der Waals surface area contributed by atoms with Crippen LogP contribution in [0.5, 0.6) is 0 Å². The molecule has 0 aliphatic heterocycles. The maximum absolute atomic E-state index is 12.2. The molecule has 0 radical (unpaired) electrons. The highest BCUT2D eigenvalue weighted by atomic mass is 79.9. The van der Waals surface area contributed by atoms with Gasteiger partial charge in [0, 0.05) is 10.0 Å². The Morgan fingerprint density at radius 2 is 1.85 bits per heavy atom. The van der Waals surface area contributed by atoms with Crippen molar-refractivity contribution in [1.29, 1.82) is 0 Å². The van der Waals surface area contributed by atoms with E-state index in [-0.39, 0.29) is 5.56 Å². The molecular formula is C16H13BrN2O. The minimum Gasteiger partial charge on any atom is -0.306 e. The average molecular weight is 329 g/mol. The van der Waals surface area contributed by atoms with Crippen molar-refractivity contribution in [2.75, 3.05) is 0 Å². The predicted octanol–water partition coefficient (Wildman–Crippen LogP) is 3.97. The lowest BCUT2D eigenvalue weighted by atomic mass is 10.1. The molecule has 0 aliphatic carbocycles. The number of hydrogen-bond donors (Lipinski definition) is 1. The largest absolute Gasteiger partial charge is 0.306 e. The van der Waals surface area contributed by atoms with Crippen LogP contribution >= 0.6 is 15.9 Å². The molecule has 0 spiro atoms. The molecule has 3 nitrogen and oxygen atoms in total. The number of rotatable bonds is 1. The summed E-state index contributed by atoms with van der Waals surface area (Å²) in [7, 11) is 0. The van der Waals surface area contributed by atoms with Crippen LogP contribution in [0.2, 0.25) is 0 Å². The molecule has 0 saturated heterocycles. The molecule has 20 heavy (non-hydrogen) atoms. The van der Waals surface area contributed by atoms with Crippen molar-refractivity contribution in [1.82, 2.24) is 9.97 Å². The number of nitrogens with one attached hydrogen (secondary N) is 1. The summed E-state index contributed by atoms with van der Waals surface area (Å²) >= 11 is 3.49. The standard InChI is InChI=1S/C16H13BrN2O/c1-9-7-8-12-14(10(9)2)18-15(19-16(12)20)11-5-3-4-6-13(11)17/h3-8H,1-2H3,(H,18,19,20). The Hall–Kier alpha value is -1.94. The lowest BCUT2D eigenvalue weighted by molar-refractivity contribution is 1.16. The summed E-state index contributed by atoms with van der Waals surface area (Å²) < 4.78 is 0.910. The predicted molar refractivity (Wildman–Crippen MR) is 85.0 cm³/mol. The topological polar surface area (TPSA) is 45.8 Å². The van der Waals surface area contributed by atoms with E-state index in [2.05, 4.69) is 25.9 Å². The van der Waals surface area contributed by atoms with Gasteiger partial charge in [-0.2, -0.15) is 0 Å². The van der Waals surface area contributed by atoms with E-state index in [1.807, 2.05) is 50.2 Å². The maximum atomic E-state index is 12.2. The number of aryl methyl sites for hydroxylation is 2. The minimum atomic E-state index is -0.108. The first-order chi connectivity index (χ1) is 9.58. The summed E-state index contributed by atoms with van der Waals surface area (Å²) in [5.41, 5.74) is 3.71. The van der Waals surface area contributed by atoms with E-state index in [1.165, 1.54) is 0 Å². The quantitative estimate of drug-likeness (QED) is 0.734. The summed E-state index contributed by atoms with van der Waals surface area (Å²) in [5.74, 6) is 0.587. The Balaban J connectivity index is 2.38. The van der Waals surface area contributed by atoms with Crippen LogP contribution in [0.25, 0.3) is 22.3 Å². The first-order valence-corrected chi connectivity index (χ1v) is 7.12. The van der Waals surface area contributed by atoms with Crippen LogP contribution in [-0.2, 0) is 0 Å². The molecule has 0 aliphatic rings. The summed E-state index contributed by atoms with van der Waals surface area (Å²) in [6.07, 6.45) is 0. The van der Waals surface area contributed by atoms with Gasteiger partial charge in [0.2, 0.25) is 0 Å². The maximum Gasteiger partial charge on any atom is 0.259 e. The van der Waals surface area contributed by atoms with Crippen molar-refractivity contribution in [3.63, 3.8) is 0 Å². The number of H-pyrrole nitrogens is 1. The van der Waals surface area contributed by atoms with Crippen LogP contribution in [0.3, 0.4) is 0 Å². The van der Waals surface area contributed by atoms with Crippen LogP contribution < -0.4 is 5.56 Å². The molecule has 0 fully saturated rings. The van der Waals surface area contributed by atoms with Gasteiger partial charge in [0.25, 0.3) is 5.56 Å². The third kappa shape index (κ3) is 2.06. The van der Waals surface area contributed by atoms with Gasteiger partial charge in [0.05, 0.1) is 10.9 Å². The van der Waals surface area contributed by atoms with Gasteiger partial charge in [-0.1, -0.05) is 40.2 Å². The van der Waals surface area contributed by atoms with Crippen molar-refractivity contribution >= 4 is 26.8 Å². The van der Waals surface area contributed by atoms with Gasteiger partial charge in [-0.25, -0.2) is 4.98 Å². The van der Waals surface area contributed by atoms with Gasteiger partial charge in [-0.05, 0) is 37.1 Å². The molecule has 0 saturated carbocycles. The molecule has 1 aromatic heterocycles. The molecule has 0 bridgehead atoms. The number of aromatic nitrogens is 2. The Morgan fingerprint density at radius 1 is 1.10 bits per heavy atom. The molecule has 3 rings (SSSR count). The number of hydrogen-bond acceptors (Lipinski definition) is 2. The first-order valence-electron chi connectivity index (χ1n) is 6.33. The highest BCUT2D eigenvalue weighted by molar-refractivity contribution is 9.10. The number of nitrogens with zero attached hydrogens (tertiary/aromatic N) is 1. The van der Waals surface area contributed by atoms with Crippen molar-refractivity contribution in [3.8, 4) is 11.4 Å². The van der Waals surface area contributed by atoms with Gasteiger partial charge in [0.1, 0.15) is 5.82 Å². The summed E-state index contributed by atoms with van der Waals surface area (Å²) in [4.78, 5) is 19.7. The molecule has 0 amide bonds. The molecule has 2 aromatic carbocycles. The summed E-state index contributed by atoms with van der Waals surface area (Å²) in [6, 6.07) is 11.5. The monoisotopic (exact) mass is 328 g/mol. The van der Waals surface area contributed by atoms with E-state index in [0.29, 0.717) is 11.2 Å². The van der Waals surface area contributed by atoms with Crippen molar-refractivity contribution in [2.45, 2.75) is 13.8 Å². The van der Waals surface area contributed by atoms with Crippen LogP contribution in [0.4, 0.5) is 0 Å². The van der Waals surface area contributed by atoms with Gasteiger partial charge < -0.3 is 4.98 Å². The molecule has 1 N–H and O–H groups in total. The van der Waals surface area contributed by atoms with Gasteiger partial charge in [0.15, 0.2) is 0 Å². The van der Waals surface area contributed by atoms with Crippen LogP contribution in [0, 0.1) is 13.8 Å². The highest BCUT2D eigenvalue weighted by Gasteiger charge is 2.10. The number of fused-ring (bicyclic) bond motifs is 1. The van der Waals surface area contributed by atoms with E-state index < -0.39 is 0 Å². The van der Waals surface area contributed by atoms with Crippen molar-refractivity contribution < 1.29 is 0 Å². The van der Waals surface area contributed by atoms with Gasteiger partial charge in [-0.15, -0.1) is 0 Å². The SMILES string of the molecule is Cc1ccc2c(=O)[nH]c(-c3ccccc3Br)nc2c1C. The van der Waals surface area contributed by atoms with E-state index in [4.69, 9.17) is 0 Å². The minimum absolute atomic E-state index is 0.108. The Labute approximate surface area is 124 Å². The molecule has 3 aromatic rings. The van der Waals surface area contributed by atoms with Crippen LogP contribution in [-0.4, -0.2) is 9.97 Å². The molecule has 1 heterocycles. The Kier molecular flexibility index (Phi) is 3.18. The second-order valence-corrected chi connectivity index (χ2v) is 5.65. The Bertz CT molecular complexity index is 868. The smallest absolute Gasteiger partial charge is 0.259 e. The summed E-state index contributed by atoms with van der Waals surface area (Å²) in [5, 5.41) is 0.629. The molecule has 100 valence electrons. The first kappa shape index (κ1) is 13.1. The second kappa shape index (κ2) is 4.87. The van der Waals surface area contributed by atoms with Crippen molar-refractivity contribution in [2.24, 2.45) is 0 Å². The molecule has 0 unspecified atom stereocenters. The fourth-order valence-corrected chi connectivity index (χ4v) is 2.70. The highest BCUT2D eigenvalue weighted by Crippen LogP contribution is 2.26. The number of benzene rings is 2. The third-order valence-corrected chi connectivity index (χ3v) is 4.22. The fourth-order valence-electron chi connectivity index (χ4n) is 2.22. The fraction of sp³-hybridized carbons (Fsp3) is 0.125. The lowest BCUT2D eigenvalue weighted by Crippen LogP contribution is -2.10. The van der Waals surface area contributed by atoms with E-state index in [9.17, 15) is 4.79 Å². The zero-order valence-corrected chi connectivity index (χ0v) is 12.8. The number of aromatic amines is 1. The molecular weight excluding hydrogens is 316 g/mol. The molecule has 4 heteroatoms. The lowest BCUT2D eigenvalue weighted by Gasteiger charge is -2.08. The van der Waals surface area contributed by atoms with E-state index >= 15 is 0 Å². The summed E-state index contributed by atoms with van der Waals surface area (Å²) in [6.45, 7) is 4.02. The van der Waals surface area contributed by atoms with Crippen LogP contribution in [0.1, 0.15) is 11.1 Å². The number of halogens is 1. The van der Waals surface area contributed by atoms with Crippen molar-refractivity contribution in [3.05, 3.63) is 62.4 Å².